The third-order valence-electron chi connectivity index (χ3n) is 1.96. The predicted octanol–water partition coefficient (Wildman–Crippen LogP) is 4.55. The minimum Gasteiger partial charge on any atom is -0.397 e. The van der Waals surface area contributed by atoms with Gasteiger partial charge in [0, 0.05) is 10.0 Å². The van der Waals surface area contributed by atoms with E-state index in [4.69, 9.17) is 17.3 Å². The van der Waals surface area contributed by atoms with Gasteiger partial charge in [-0.05, 0) is 39.5 Å². The lowest BCUT2D eigenvalue weighted by Gasteiger charge is -2.06. The molecule has 15 heavy (non-hydrogen) atoms. The Labute approximate surface area is 104 Å². The largest absolute Gasteiger partial charge is 0.397 e. The number of nitrogens with two attached hydrogens (primary N) is 1. The first-order chi connectivity index (χ1) is 7.09. The van der Waals surface area contributed by atoms with Gasteiger partial charge in [-0.15, -0.1) is 11.3 Å². The quantitative estimate of drug-likeness (QED) is 0.768. The minimum atomic E-state index is -0.385. The number of hydrogen-bond donors (Lipinski definition) is 1. The van der Waals surface area contributed by atoms with Crippen LogP contribution in [0, 0.1) is 5.82 Å². The molecular weight excluding hydrogens is 301 g/mol. The summed E-state index contributed by atoms with van der Waals surface area (Å²) in [6.07, 6.45) is 0. The number of nitrogen functional groups attached to an aromatic ring is 1. The van der Waals surface area contributed by atoms with Crippen LogP contribution in [0.2, 0.25) is 5.02 Å². The van der Waals surface area contributed by atoms with Gasteiger partial charge >= 0.3 is 0 Å². The molecule has 0 aliphatic heterocycles. The number of thiophene rings is 1. The lowest BCUT2D eigenvalue weighted by Crippen LogP contribution is -1.92. The van der Waals surface area contributed by atoms with E-state index in [1.807, 2.05) is 11.4 Å². The molecular formula is C10H6BrClFNS. The van der Waals surface area contributed by atoms with Gasteiger partial charge in [-0.2, -0.15) is 0 Å². The molecule has 78 valence electrons. The third-order valence-corrected chi connectivity index (χ3v) is 4.14. The van der Waals surface area contributed by atoms with Gasteiger partial charge < -0.3 is 5.73 Å². The van der Waals surface area contributed by atoms with E-state index in [1.165, 1.54) is 23.5 Å². The van der Waals surface area contributed by atoms with Gasteiger partial charge in [0.15, 0.2) is 0 Å². The molecule has 0 aliphatic rings. The van der Waals surface area contributed by atoms with E-state index in [9.17, 15) is 4.39 Å². The maximum absolute atomic E-state index is 13.2. The molecule has 0 aliphatic carbocycles. The highest BCUT2D eigenvalue weighted by atomic mass is 79.9. The first kappa shape index (κ1) is 10.9. The molecule has 0 amide bonds. The summed E-state index contributed by atoms with van der Waals surface area (Å²) in [5, 5.41) is 2.14. The highest BCUT2D eigenvalue weighted by molar-refractivity contribution is 9.10. The highest BCUT2D eigenvalue weighted by Gasteiger charge is 2.12. The van der Waals surface area contributed by atoms with E-state index < -0.39 is 0 Å². The molecule has 2 rings (SSSR count). The van der Waals surface area contributed by atoms with Crippen molar-refractivity contribution in [3.05, 3.63) is 38.9 Å². The Morgan fingerprint density at radius 3 is 2.73 bits per heavy atom. The maximum Gasteiger partial charge on any atom is 0.125 e. The summed E-state index contributed by atoms with van der Waals surface area (Å²) in [6, 6.07) is 4.48. The Morgan fingerprint density at radius 1 is 1.40 bits per heavy atom. The molecule has 0 bridgehead atoms. The van der Waals surface area contributed by atoms with Gasteiger partial charge in [-0.1, -0.05) is 11.6 Å². The van der Waals surface area contributed by atoms with Crippen molar-refractivity contribution >= 4 is 44.6 Å². The molecule has 1 nitrogen and oxygen atoms in total. The van der Waals surface area contributed by atoms with E-state index in [1.54, 1.807) is 0 Å². The maximum atomic E-state index is 13.2. The Balaban J connectivity index is 2.68. The van der Waals surface area contributed by atoms with E-state index >= 15 is 0 Å². The Hall–Kier alpha value is -0.580. The number of hydrogen-bond acceptors (Lipinski definition) is 2. The smallest absolute Gasteiger partial charge is 0.125 e. The molecule has 0 saturated heterocycles. The molecule has 2 aromatic rings. The van der Waals surface area contributed by atoms with Gasteiger partial charge in [-0.3, -0.25) is 0 Å². The van der Waals surface area contributed by atoms with E-state index in [0.29, 0.717) is 11.3 Å². The minimum absolute atomic E-state index is 0.241. The van der Waals surface area contributed by atoms with Crippen LogP contribution in [-0.2, 0) is 0 Å². The van der Waals surface area contributed by atoms with Gasteiger partial charge in [0.25, 0.3) is 0 Å². The standard InChI is InChI=1S/C10H6BrClFNS/c11-7-1-2-15-10(7)6-3-5(13)4-8(12)9(6)14/h1-4H,14H2. The second kappa shape index (κ2) is 4.12. The van der Waals surface area contributed by atoms with E-state index in [2.05, 4.69) is 15.9 Å². The first-order valence-electron chi connectivity index (χ1n) is 4.07. The van der Waals surface area contributed by atoms with Crippen molar-refractivity contribution < 1.29 is 4.39 Å². The third kappa shape index (κ3) is 2.02. The molecule has 0 spiro atoms. The average Bonchev–Trinajstić information content (AvgIpc) is 2.58. The lowest BCUT2D eigenvalue weighted by molar-refractivity contribution is 0.628. The zero-order valence-electron chi connectivity index (χ0n) is 7.43. The monoisotopic (exact) mass is 305 g/mol. The molecule has 1 aromatic carbocycles. The van der Waals surface area contributed by atoms with Crippen molar-refractivity contribution in [3.63, 3.8) is 0 Å². The van der Waals surface area contributed by atoms with Gasteiger partial charge in [-0.25, -0.2) is 4.39 Å². The van der Waals surface area contributed by atoms with Crippen molar-refractivity contribution in [1.82, 2.24) is 0 Å². The van der Waals surface area contributed by atoms with Gasteiger partial charge in [0.1, 0.15) is 5.82 Å². The van der Waals surface area contributed by atoms with Crippen LogP contribution in [0.3, 0.4) is 0 Å². The summed E-state index contributed by atoms with van der Waals surface area (Å²) >= 11 is 10.7. The number of benzene rings is 1. The topological polar surface area (TPSA) is 26.0 Å². The molecule has 1 heterocycles. The van der Waals surface area contributed by atoms with Gasteiger partial charge in [0.2, 0.25) is 0 Å². The Kier molecular flexibility index (Phi) is 3.00. The summed E-state index contributed by atoms with van der Waals surface area (Å²) in [5.41, 5.74) is 6.83. The van der Waals surface area contributed by atoms with Crippen LogP contribution >= 0.6 is 38.9 Å². The molecule has 0 unspecified atom stereocenters. The molecule has 0 saturated carbocycles. The van der Waals surface area contributed by atoms with Crippen molar-refractivity contribution in [1.29, 1.82) is 0 Å². The number of halogens is 3. The average molecular weight is 307 g/mol. The second-order valence-corrected chi connectivity index (χ2v) is 5.12. The zero-order chi connectivity index (χ0) is 11.0. The van der Waals surface area contributed by atoms with Crippen molar-refractivity contribution in [2.24, 2.45) is 0 Å². The summed E-state index contributed by atoms with van der Waals surface area (Å²) in [4.78, 5) is 0.883. The Bertz CT molecular complexity index is 512. The van der Waals surface area contributed by atoms with Crippen molar-refractivity contribution in [3.8, 4) is 10.4 Å². The molecule has 5 heteroatoms. The summed E-state index contributed by atoms with van der Waals surface area (Å²) in [5.74, 6) is -0.385. The molecule has 0 fully saturated rings. The van der Waals surface area contributed by atoms with E-state index in [0.717, 1.165) is 9.35 Å². The van der Waals surface area contributed by atoms with E-state index in [-0.39, 0.29) is 10.8 Å². The summed E-state index contributed by atoms with van der Waals surface area (Å²) in [7, 11) is 0. The lowest BCUT2D eigenvalue weighted by atomic mass is 10.1. The predicted molar refractivity (Wildman–Crippen MR) is 66.8 cm³/mol. The fourth-order valence-corrected chi connectivity index (χ4v) is 3.08. The van der Waals surface area contributed by atoms with Gasteiger partial charge in [0.05, 0.1) is 15.6 Å². The molecule has 2 N–H and O–H groups in total. The number of rotatable bonds is 1. The van der Waals surface area contributed by atoms with Crippen LogP contribution < -0.4 is 5.73 Å². The van der Waals surface area contributed by atoms with Crippen LogP contribution in [0.15, 0.2) is 28.1 Å². The molecule has 1 aromatic heterocycles. The van der Waals surface area contributed by atoms with Crippen LogP contribution in [0.5, 0.6) is 0 Å². The SMILES string of the molecule is Nc1c(Cl)cc(F)cc1-c1sccc1Br. The molecule has 0 atom stereocenters. The van der Waals surface area contributed by atoms with Crippen LogP contribution in [0.1, 0.15) is 0 Å². The fourth-order valence-electron chi connectivity index (χ4n) is 1.26. The van der Waals surface area contributed by atoms with Crippen molar-refractivity contribution in [2.45, 2.75) is 0 Å². The van der Waals surface area contributed by atoms with Crippen molar-refractivity contribution in [2.75, 3.05) is 5.73 Å². The second-order valence-electron chi connectivity index (χ2n) is 2.95. The summed E-state index contributed by atoms with van der Waals surface area (Å²) in [6.45, 7) is 0. The number of anilines is 1. The van der Waals surface area contributed by atoms with Crippen LogP contribution in [0.4, 0.5) is 10.1 Å². The highest BCUT2D eigenvalue weighted by Crippen LogP contribution is 2.39. The molecule has 0 radical (unpaired) electrons. The normalized spacial score (nSPS) is 10.6. The fraction of sp³-hybridized carbons (Fsp3) is 0. The first-order valence-corrected chi connectivity index (χ1v) is 6.12. The van der Waals surface area contributed by atoms with Crippen LogP contribution in [-0.4, -0.2) is 0 Å². The van der Waals surface area contributed by atoms with Crippen LogP contribution in [0.25, 0.3) is 10.4 Å². The Morgan fingerprint density at radius 2 is 2.13 bits per heavy atom. The zero-order valence-corrected chi connectivity index (χ0v) is 10.6. The summed E-state index contributed by atoms with van der Waals surface area (Å²) < 4.78 is 14.1.